The van der Waals surface area contributed by atoms with Crippen LogP contribution in [-0.2, 0) is 4.79 Å². The van der Waals surface area contributed by atoms with Gasteiger partial charge in [0, 0.05) is 13.1 Å². The van der Waals surface area contributed by atoms with Gasteiger partial charge in [0.05, 0.1) is 29.9 Å². The number of aliphatic hydroxyl groups excluding tert-OH is 1. The highest BCUT2D eigenvalue weighted by atomic mass is 19.1. The van der Waals surface area contributed by atoms with Crippen LogP contribution < -0.4 is 15.4 Å². The van der Waals surface area contributed by atoms with Crippen molar-refractivity contribution in [1.29, 1.82) is 5.26 Å². The summed E-state index contributed by atoms with van der Waals surface area (Å²) in [7, 11) is 0. The summed E-state index contributed by atoms with van der Waals surface area (Å²) in [6.45, 7) is 6.47. The van der Waals surface area contributed by atoms with Gasteiger partial charge in [-0.2, -0.15) is 5.26 Å². The van der Waals surface area contributed by atoms with Crippen molar-refractivity contribution in [2.45, 2.75) is 63.8 Å². The predicted octanol–water partition coefficient (Wildman–Crippen LogP) is 3.96. The Bertz CT molecular complexity index is 1290. The van der Waals surface area contributed by atoms with Crippen molar-refractivity contribution >= 4 is 11.8 Å². The molecule has 3 N–H and O–H groups in total. The zero-order valence-electron chi connectivity index (χ0n) is 23.6. The Labute approximate surface area is 239 Å². The average molecular weight is 569 g/mol. The summed E-state index contributed by atoms with van der Waals surface area (Å²) in [4.78, 5) is 27.6. The maximum Gasteiger partial charge on any atom is 0.261 e. The second-order valence-electron chi connectivity index (χ2n) is 11.0. The minimum atomic E-state index is -1.15. The van der Waals surface area contributed by atoms with Crippen molar-refractivity contribution in [2.75, 3.05) is 32.8 Å². The van der Waals surface area contributed by atoms with Crippen LogP contribution in [0.5, 0.6) is 5.75 Å². The fraction of sp³-hybridized carbons (Fsp3) is 0.516. The molecule has 8 nitrogen and oxygen atoms in total. The average Bonchev–Trinajstić information content (AvgIpc) is 3.42. The van der Waals surface area contributed by atoms with Crippen LogP contribution in [0.1, 0.15) is 61.9 Å². The largest absolute Gasteiger partial charge is 0.492 e. The van der Waals surface area contributed by atoms with Crippen LogP contribution in [-0.4, -0.2) is 72.4 Å². The first-order chi connectivity index (χ1) is 19.7. The molecule has 0 aromatic heterocycles. The summed E-state index contributed by atoms with van der Waals surface area (Å²) in [6, 6.07) is 10.3. The molecule has 2 aliphatic heterocycles. The molecule has 2 fully saturated rings. The lowest BCUT2D eigenvalue weighted by molar-refractivity contribution is -0.121. The van der Waals surface area contributed by atoms with Gasteiger partial charge in [0.25, 0.3) is 5.91 Å². The molecule has 0 unspecified atom stereocenters. The number of alkyl halides is 1. The molecule has 2 atom stereocenters. The molecule has 4 rings (SSSR count). The number of rotatable bonds is 10. The molecule has 220 valence electrons. The van der Waals surface area contributed by atoms with E-state index in [0.29, 0.717) is 37.3 Å². The fourth-order valence-electron chi connectivity index (χ4n) is 5.48. The minimum absolute atomic E-state index is 0.158. The van der Waals surface area contributed by atoms with Crippen molar-refractivity contribution in [3.05, 3.63) is 53.3 Å². The number of nitrogens with one attached hydrogen (secondary N) is 2. The first-order valence-corrected chi connectivity index (χ1v) is 14.3. The lowest BCUT2D eigenvalue weighted by Crippen LogP contribution is -2.44. The number of hydrogen-bond donors (Lipinski definition) is 3. The van der Waals surface area contributed by atoms with Crippen LogP contribution in [0.15, 0.2) is 36.4 Å². The Morgan fingerprint density at radius 1 is 1.22 bits per heavy atom. The monoisotopic (exact) mass is 568 g/mol. The third kappa shape index (κ3) is 7.47. The lowest BCUT2D eigenvalue weighted by Gasteiger charge is -2.36. The number of nitrogens with zero attached hydrogens (tertiary/aromatic N) is 2. The summed E-state index contributed by atoms with van der Waals surface area (Å²) in [5.74, 6) is -1.68. The molecule has 0 spiro atoms. The number of aliphatic hydroxyl groups is 1. The Morgan fingerprint density at radius 2 is 1.95 bits per heavy atom. The lowest BCUT2D eigenvalue weighted by atomic mass is 9.94. The highest BCUT2D eigenvalue weighted by Crippen LogP contribution is 2.31. The van der Waals surface area contributed by atoms with E-state index in [9.17, 15) is 28.7 Å². The van der Waals surface area contributed by atoms with Gasteiger partial charge < -0.3 is 20.1 Å². The second-order valence-corrected chi connectivity index (χ2v) is 11.0. The van der Waals surface area contributed by atoms with Gasteiger partial charge in [-0.15, -0.1) is 0 Å². The third-order valence-corrected chi connectivity index (χ3v) is 8.27. The highest BCUT2D eigenvalue weighted by molar-refractivity contribution is 6.09. The summed E-state index contributed by atoms with van der Waals surface area (Å²) in [5.41, 5.74) is -0.569. The first kappa shape index (κ1) is 30.6. The third-order valence-electron chi connectivity index (χ3n) is 8.27. The summed E-state index contributed by atoms with van der Waals surface area (Å²) >= 11 is 0. The van der Waals surface area contributed by atoms with Gasteiger partial charge in [0.2, 0.25) is 5.91 Å². The van der Waals surface area contributed by atoms with Gasteiger partial charge in [-0.25, -0.2) is 8.78 Å². The summed E-state index contributed by atoms with van der Waals surface area (Å²) in [6.07, 6.45) is 2.22. The summed E-state index contributed by atoms with van der Waals surface area (Å²) in [5, 5.41) is 24.5. The Morgan fingerprint density at radius 3 is 2.59 bits per heavy atom. The number of imide groups is 1. The van der Waals surface area contributed by atoms with Gasteiger partial charge >= 0.3 is 0 Å². The molecular weight excluding hydrogens is 530 g/mol. The van der Waals surface area contributed by atoms with Gasteiger partial charge in [-0.05, 0) is 80.4 Å². The molecule has 10 heteroatoms. The number of β-amino-alcohol motifs (C(OH)–C–C–N with tert-alkyl or cyclic N) is 1. The molecule has 0 radical (unpaired) electrons. The molecule has 41 heavy (non-hydrogen) atoms. The molecular formula is C31H38F2N4O4. The second kappa shape index (κ2) is 13.5. The molecule has 2 aromatic rings. The molecule has 2 aromatic carbocycles. The number of halogens is 2. The van der Waals surface area contributed by atoms with Crippen molar-refractivity contribution in [3.63, 3.8) is 0 Å². The van der Waals surface area contributed by atoms with E-state index in [0.717, 1.165) is 32.0 Å². The van der Waals surface area contributed by atoms with Crippen molar-refractivity contribution in [2.24, 2.45) is 5.92 Å². The van der Waals surface area contributed by atoms with E-state index in [1.165, 1.54) is 12.1 Å². The fourth-order valence-corrected chi connectivity index (χ4v) is 5.48. The van der Waals surface area contributed by atoms with E-state index in [-0.39, 0.29) is 35.6 Å². The standard InChI is InChI=1S/C31H38F2N4O4/c1-3-31(33,4-2)19-37-12-10-20(11-13-37)18-41-27-9-8-21(14-22(27)16-34)24-6-5-7-25(32)28(24)30(40)36-29(39)26-15-23(38)17-35-26/h5-9,14,20,23,26,35,38H,3-4,10-13,15,17-19H2,1-2H3,(H,36,39,40)/t23-,26+/m1/s1. The maximum absolute atomic E-state index is 14.9. The Kier molecular flexibility index (Phi) is 10.1. The SMILES string of the molecule is CCC(F)(CC)CN1CCC(COc2ccc(-c3cccc(F)c3C(=O)NC(=O)[C@@H]3C[C@@H](O)CN3)cc2C#N)CC1. The smallest absolute Gasteiger partial charge is 0.261 e. The molecule has 2 amide bonds. The van der Waals surface area contributed by atoms with Crippen molar-refractivity contribution in [3.8, 4) is 22.9 Å². The number of amides is 2. The van der Waals surface area contributed by atoms with E-state index in [2.05, 4.69) is 21.6 Å². The normalized spacial score (nSPS) is 20.0. The quantitative estimate of drug-likeness (QED) is 0.372. The first-order valence-electron chi connectivity index (χ1n) is 14.3. The van der Waals surface area contributed by atoms with Crippen molar-refractivity contribution in [1.82, 2.24) is 15.5 Å². The van der Waals surface area contributed by atoms with Gasteiger partial charge in [0.1, 0.15) is 23.3 Å². The number of piperidine rings is 1. The summed E-state index contributed by atoms with van der Waals surface area (Å²) < 4.78 is 35.7. The molecule has 0 aliphatic carbocycles. The highest BCUT2D eigenvalue weighted by Gasteiger charge is 2.32. The molecule has 0 saturated carbocycles. The van der Waals surface area contributed by atoms with E-state index in [1.807, 2.05) is 13.8 Å². The molecule has 2 aliphatic rings. The van der Waals surface area contributed by atoms with E-state index in [1.54, 1.807) is 18.2 Å². The van der Waals surface area contributed by atoms with E-state index >= 15 is 0 Å². The number of benzene rings is 2. The number of hydrogen-bond acceptors (Lipinski definition) is 7. The number of carbonyl (C=O) groups excluding carboxylic acids is 2. The Hall–Kier alpha value is -3.39. The van der Waals surface area contributed by atoms with Crippen LogP contribution in [0.3, 0.4) is 0 Å². The van der Waals surface area contributed by atoms with Crippen LogP contribution >= 0.6 is 0 Å². The number of carbonyl (C=O) groups is 2. The molecule has 2 heterocycles. The minimum Gasteiger partial charge on any atom is -0.492 e. The van der Waals surface area contributed by atoms with E-state index < -0.39 is 35.4 Å². The Balaban J connectivity index is 1.42. The molecule has 2 saturated heterocycles. The maximum atomic E-state index is 14.9. The number of nitriles is 1. The van der Waals surface area contributed by atoms with Crippen LogP contribution in [0.25, 0.3) is 11.1 Å². The number of likely N-dealkylation sites (tertiary alicyclic amines) is 1. The predicted molar refractivity (Wildman–Crippen MR) is 151 cm³/mol. The van der Waals surface area contributed by atoms with Gasteiger partial charge in [0.15, 0.2) is 0 Å². The van der Waals surface area contributed by atoms with Gasteiger partial charge in [-0.3, -0.25) is 14.9 Å². The van der Waals surface area contributed by atoms with Crippen LogP contribution in [0.4, 0.5) is 8.78 Å². The van der Waals surface area contributed by atoms with Crippen LogP contribution in [0, 0.1) is 23.1 Å². The van der Waals surface area contributed by atoms with Gasteiger partial charge in [-0.1, -0.05) is 32.0 Å². The molecule has 0 bridgehead atoms. The van der Waals surface area contributed by atoms with E-state index in [4.69, 9.17) is 4.74 Å². The zero-order chi connectivity index (χ0) is 29.6. The van der Waals surface area contributed by atoms with Crippen LogP contribution in [0.2, 0.25) is 0 Å². The topological polar surface area (TPSA) is 115 Å². The number of ether oxygens (including phenoxy) is 1. The zero-order valence-corrected chi connectivity index (χ0v) is 23.6. The van der Waals surface area contributed by atoms with Crippen molar-refractivity contribution < 1.29 is 28.2 Å².